The van der Waals surface area contributed by atoms with Crippen LogP contribution in [0.4, 0.5) is 0 Å². The fourth-order valence-electron chi connectivity index (χ4n) is 2.04. The Morgan fingerprint density at radius 3 is 2.59 bits per heavy atom. The highest BCUT2D eigenvalue weighted by atomic mass is 16.4. The molecule has 1 rings (SSSR count). The maximum Gasteiger partial charge on any atom is 0.326 e. The number of hydrogen-bond donors (Lipinski definition) is 3. The van der Waals surface area contributed by atoms with Crippen LogP contribution in [0, 0.1) is 5.92 Å². The van der Waals surface area contributed by atoms with Crippen molar-refractivity contribution in [3.05, 3.63) is 0 Å². The first-order chi connectivity index (χ1) is 8.00. The normalized spacial score (nSPS) is 22.2. The molecule has 5 heteroatoms. The summed E-state index contributed by atoms with van der Waals surface area (Å²) in [5, 5.41) is 14.8. The predicted molar refractivity (Wildman–Crippen MR) is 64.7 cm³/mol. The van der Waals surface area contributed by atoms with E-state index in [1.54, 1.807) is 0 Å². The third-order valence-corrected chi connectivity index (χ3v) is 2.95. The summed E-state index contributed by atoms with van der Waals surface area (Å²) < 4.78 is 0. The van der Waals surface area contributed by atoms with Gasteiger partial charge in [-0.3, -0.25) is 4.79 Å². The highest BCUT2D eigenvalue weighted by Gasteiger charge is 2.26. The maximum absolute atomic E-state index is 11.9. The Bertz CT molecular complexity index is 273. The van der Waals surface area contributed by atoms with Gasteiger partial charge in [0.15, 0.2) is 0 Å². The summed E-state index contributed by atoms with van der Waals surface area (Å²) in [6, 6.07) is -0.996. The van der Waals surface area contributed by atoms with Crippen LogP contribution in [0.15, 0.2) is 0 Å². The lowest BCUT2D eigenvalue weighted by molar-refractivity contribution is -0.142. The van der Waals surface area contributed by atoms with Crippen molar-refractivity contribution < 1.29 is 14.7 Å². The monoisotopic (exact) mass is 242 g/mol. The van der Waals surface area contributed by atoms with Gasteiger partial charge in [0.25, 0.3) is 0 Å². The van der Waals surface area contributed by atoms with Crippen molar-refractivity contribution in [3.8, 4) is 0 Å². The molecular formula is C12H22N2O3. The molecule has 0 aromatic heterocycles. The Balaban J connectivity index is 2.47. The van der Waals surface area contributed by atoms with E-state index in [-0.39, 0.29) is 17.9 Å². The molecule has 1 heterocycles. The van der Waals surface area contributed by atoms with Crippen molar-refractivity contribution in [2.24, 2.45) is 5.92 Å². The second kappa shape index (κ2) is 6.59. The summed E-state index contributed by atoms with van der Waals surface area (Å²) in [7, 11) is 0. The van der Waals surface area contributed by atoms with E-state index in [1.807, 2.05) is 13.8 Å². The van der Waals surface area contributed by atoms with Gasteiger partial charge in [0.1, 0.15) is 6.04 Å². The standard InChI is InChI=1S/C12H22N2O3/c1-8(2)7-10(12(16)17)14-11(15)9-5-3-4-6-13-9/h8-10,13H,3-7H2,1-2H3,(H,14,15)(H,16,17). The van der Waals surface area contributed by atoms with Crippen LogP contribution in [0.2, 0.25) is 0 Å². The van der Waals surface area contributed by atoms with Gasteiger partial charge in [-0.05, 0) is 31.7 Å². The van der Waals surface area contributed by atoms with Crippen molar-refractivity contribution in [1.82, 2.24) is 10.6 Å². The lowest BCUT2D eigenvalue weighted by Gasteiger charge is -2.25. The minimum Gasteiger partial charge on any atom is -0.480 e. The van der Waals surface area contributed by atoms with Crippen LogP contribution in [0.1, 0.15) is 39.5 Å². The molecule has 98 valence electrons. The Morgan fingerprint density at radius 2 is 2.12 bits per heavy atom. The molecule has 17 heavy (non-hydrogen) atoms. The zero-order valence-corrected chi connectivity index (χ0v) is 10.5. The van der Waals surface area contributed by atoms with Gasteiger partial charge in [0, 0.05) is 0 Å². The van der Waals surface area contributed by atoms with E-state index in [1.165, 1.54) is 0 Å². The third-order valence-electron chi connectivity index (χ3n) is 2.95. The van der Waals surface area contributed by atoms with Gasteiger partial charge in [-0.2, -0.15) is 0 Å². The molecule has 0 aromatic rings. The number of nitrogens with one attached hydrogen (secondary N) is 2. The molecular weight excluding hydrogens is 220 g/mol. The van der Waals surface area contributed by atoms with Crippen molar-refractivity contribution in [3.63, 3.8) is 0 Å². The topological polar surface area (TPSA) is 78.4 Å². The molecule has 2 atom stereocenters. The smallest absolute Gasteiger partial charge is 0.326 e. The van der Waals surface area contributed by atoms with E-state index in [4.69, 9.17) is 5.11 Å². The SMILES string of the molecule is CC(C)CC(NC(=O)C1CCCCN1)C(=O)O. The van der Waals surface area contributed by atoms with Gasteiger partial charge < -0.3 is 15.7 Å². The molecule has 0 aliphatic carbocycles. The number of carboxylic acid groups (broad SMARTS) is 1. The fourth-order valence-corrected chi connectivity index (χ4v) is 2.04. The van der Waals surface area contributed by atoms with Crippen molar-refractivity contribution in [2.45, 2.75) is 51.6 Å². The number of piperidine rings is 1. The first-order valence-corrected chi connectivity index (χ1v) is 6.27. The first kappa shape index (κ1) is 14.0. The molecule has 0 aromatic carbocycles. The molecule has 0 saturated carbocycles. The van der Waals surface area contributed by atoms with E-state index in [0.29, 0.717) is 6.42 Å². The van der Waals surface area contributed by atoms with Gasteiger partial charge in [0.05, 0.1) is 6.04 Å². The van der Waals surface area contributed by atoms with Gasteiger partial charge >= 0.3 is 5.97 Å². The predicted octanol–water partition coefficient (Wildman–Crippen LogP) is 0.744. The van der Waals surface area contributed by atoms with Gasteiger partial charge in [-0.15, -0.1) is 0 Å². The molecule has 1 aliphatic heterocycles. The van der Waals surface area contributed by atoms with Crippen molar-refractivity contribution in [1.29, 1.82) is 0 Å². The molecule has 5 nitrogen and oxygen atoms in total. The first-order valence-electron chi connectivity index (χ1n) is 6.27. The molecule has 1 amide bonds. The average molecular weight is 242 g/mol. The Morgan fingerprint density at radius 1 is 1.41 bits per heavy atom. The van der Waals surface area contributed by atoms with E-state index in [2.05, 4.69) is 10.6 Å². The zero-order valence-electron chi connectivity index (χ0n) is 10.5. The average Bonchev–Trinajstić information content (AvgIpc) is 2.28. The molecule has 1 aliphatic rings. The van der Waals surface area contributed by atoms with E-state index in [9.17, 15) is 9.59 Å². The van der Waals surface area contributed by atoms with Crippen molar-refractivity contribution in [2.75, 3.05) is 6.54 Å². The second-order valence-corrected chi connectivity index (χ2v) is 5.03. The lowest BCUT2D eigenvalue weighted by Crippen LogP contribution is -2.51. The number of carbonyl (C=O) groups excluding carboxylic acids is 1. The number of carboxylic acids is 1. The van der Waals surface area contributed by atoms with Gasteiger partial charge in [-0.1, -0.05) is 20.3 Å². The minimum atomic E-state index is -0.956. The summed E-state index contributed by atoms with van der Waals surface area (Å²) in [5.74, 6) is -0.892. The minimum absolute atomic E-state index is 0.183. The Labute approximate surface area is 102 Å². The molecule has 3 N–H and O–H groups in total. The van der Waals surface area contributed by atoms with Crippen LogP contribution in [0.25, 0.3) is 0 Å². The van der Waals surface area contributed by atoms with Crippen LogP contribution in [0.3, 0.4) is 0 Å². The third kappa shape index (κ3) is 4.73. The Kier molecular flexibility index (Phi) is 5.41. The zero-order chi connectivity index (χ0) is 12.8. The summed E-state index contributed by atoms with van der Waals surface area (Å²) >= 11 is 0. The molecule has 2 unspecified atom stereocenters. The Hall–Kier alpha value is -1.10. The summed E-state index contributed by atoms with van der Waals surface area (Å²) in [4.78, 5) is 22.9. The van der Waals surface area contributed by atoms with Gasteiger partial charge in [-0.25, -0.2) is 4.79 Å². The summed E-state index contributed by atoms with van der Waals surface area (Å²) in [6.45, 7) is 4.72. The second-order valence-electron chi connectivity index (χ2n) is 5.03. The largest absolute Gasteiger partial charge is 0.480 e. The van der Waals surface area contributed by atoms with E-state index >= 15 is 0 Å². The van der Waals surface area contributed by atoms with Crippen LogP contribution >= 0.6 is 0 Å². The molecule has 0 bridgehead atoms. The highest BCUT2D eigenvalue weighted by Crippen LogP contribution is 2.09. The van der Waals surface area contributed by atoms with Crippen molar-refractivity contribution >= 4 is 11.9 Å². The quantitative estimate of drug-likeness (QED) is 0.664. The molecule has 1 fully saturated rings. The van der Waals surface area contributed by atoms with Crippen LogP contribution in [-0.4, -0.2) is 35.6 Å². The lowest BCUT2D eigenvalue weighted by atomic mass is 10.0. The fraction of sp³-hybridized carbons (Fsp3) is 0.833. The number of aliphatic carboxylic acids is 1. The van der Waals surface area contributed by atoms with E-state index < -0.39 is 12.0 Å². The maximum atomic E-state index is 11.9. The highest BCUT2D eigenvalue weighted by molar-refractivity contribution is 5.86. The number of rotatable bonds is 5. The molecule has 0 radical (unpaired) electrons. The summed E-state index contributed by atoms with van der Waals surface area (Å²) in [6.07, 6.45) is 3.36. The van der Waals surface area contributed by atoms with Crippen LogP contribution in [-0.2, 0) is 9.59 Å². The van der Waals surface area contributed by atoms with E-state index in [0.717, 1.165) is 25.8 Å². The number of carbonyl (C=O) groups is 2. The summed E-state index contributed by atoms with van der Waals surface area (Å²) in [5.41, 5.74) is 0. The molecule has 1 saturated heterocycles. The number of hydrogen-bond acceptors (Lipinski definition) is 3. The molecule has 0 spiro atoms. The van der Waals surface area contributed by atoms with Crippen LogP contribution < -0.4 is 10.6 Å². The number of amides is 1. The van der Waals surface area contributed by atoms with Gasteiger partial charge in [0.2, 0.25) is 5.91 Å². The van der Waals surface area contributed by atoms with Crippen LogP contribution in [0.5, 0.6) is 0 Å².